The lowest BCUT2D eigenvalue weighted by Crippen LogP contribution is -2.47. The Morgan fingerprint density at radius 3 is 2.62 bits per heavy atom. The van der Waals surface area contributed by atoms with Crippen molar-refractivity contribution in [3.63, 3.8) is 0 Å². The first-order valence-corrected chi connectivity index (χ1v) is 16.6. The van der Waals surface area contributed by atoms with Gasteiger partial charge in [-0.15, -0.1) is 11.3 Å². The smallest absolute Gasteiger partial charge is 0.243 e. The molecular formula is C27H34N8O5S2. The number of morpholine rings is 1. The SMILES string of the molecule is CS(=O)(=O)N1CCN(Cc2cc3nc(-c4cccc5nn(CCCC(=O)NO)cc45)nc(N4CCOCC4)c3s2)CC1. The van der Waals surface area contributed by atoms with E-state index < -0.39 is 15.9 Å². The van der Waals surface area contributed by atoms with Crippen molar-refractivity contribution >= 4 is 54.2 Å². The van der Waals surface area contributed by atoms with E-state index >= 15 is 0 Å². The third-order valence-electron chi connectivity index (χ3n) is 7.65. The Hall–Kier alpha value is -3.21. The van der Waals surface area contributed by atoms with Crippen LogP contribution in [0.5, 0.6) is 0 Å². The lowest BCUT2D eigenvalue weighted by Gasteiger charge is -2.32. The Balaban J connectivity index is 1.31. The predicted molar refractivity (Wildman–Crippen MR) is 160 cm³/mol. The Labute approximate surface area is 247 Å². The number of nitrogens with zero attached hydrogens (tertiary/aromatic N) is 7. The van der Waals surface area contributed by atoms with E-state index in [0.717, 1.165) is 57.0 Å². The van der Waals surface area contributed by atoms with Crippen molar-refractivity contribution in [1.82, 2.24) is 34.4 Å². The number of hydroxylamine groups is 1. The number of anilines is 1. The first-order chi connectivity index (χ1) is 20.3. The number of nitrogens with one attached hydrogen (secondary N) is 1. The first-order valence-electron chi connectivity index (χ1n) is 14.0. The first kappa shape index (κ1) is 28.9. The number of amides is 1. The molecule has 0 radical (unpaired) electrons. The summed E-state index contributed by atoms with van der Waals surface area (Å²) in [6.07, 6.45) is 3.97. The summed E-state index contributed by atoms with van der Waals surface area (Å²) < 4.78 is 33.9. The van der Waals surface area contributed by atoms with Gasteiger partial charge in [0.1, 0.15) is 0 Å². The van der Waals surface area contributed by atoms with E-state index in [9.17, 15) is 13.2 Å². The highest BCUT2D eigenvalue weighted by Gasteiger charge is 2.25. The van der Waals surface area contributed by atoms with Crippen LogP contribution in [0.1, 0.15) is 17.7 Å². The Morgan fingerprint density at radius 1 is 1.10 bits per heavy atom. The summed E-state index contributed by atoms with van der Waals surface area (Å²) >= 11 is 1.69. The highest BCUT2D eigenvalue weighted by Crippen LogP contribution is 2.36. The molecule has 0 unspecified atom stereocenters. The topological polar surface area (TPSA) is 146 Å². The summed E-state index contributed by atoms with van der Waals surface area (Å²) in [5, 5.41) is 14.4. The number of sulfonamides is 1. The van der Waals surface area contributed by atoms with Gasteiger partial charge in [0.05, 0.1) is 35.2 Å². The van der Waals surface area contributed by atoms with Gasteiger partial charge in [0, 0.05) is 80.8 Å². The number of aryl methyl sites for hydroxylation is 1. The van der Waals surface area contributed by atoms with Crippen molar-refractivity contribution in [1.29, 1.82) is 0 Å². The number of rotatable bonds is 9. The summed E-state index contributed by atoms with van der Waals surface area (Å²) in [4.78, 5) is 27.3. The Morgan fingerprint density at radius 2 is 1.88 bits per heavy atom. The zero-order valence-corrected chi connectivity index (χ0v) is 25.0. The number of carbonyl (C=O) groups is 1. The van der Waals surface area contributed by atoms with E-state index in [4.69, 9.17) is 19.9 Å². The number of fused-ring (bicyclic) bond motifs is 2. The van der Waals surface area contributed by atoms with E-state index in [1.54, 1.807) is 16.8 Å². The van der Waals surface area contributed by atoms with Crippen molar-refractivity contribution in [3.05, 3.63) is 35.3 Å². The molecule has 4 aromatic rings. The van der Waals surface area contributed by atoms with Gasteiger partial charge < -0.3 is 9.64 Å². The number of ether oxygens (including phenoxy) is 1. The van der Waals surface area contributed by atoms with Gasteiger partial charge in [-0.05, 0) is 18.6 Å². The molecule has 0 atom stereocenters. The molecule has 13 nitrogen and oxygen atoms in total. The fourth-order valence-electron chi connectivity index (χ4n) is 5.45. The second-order valence-electron chi connectivity index (χ2n) is 10.6. The van der Waals surface area contributed by atoms with Crippen LogP contribution in [-0.4, -0.2) is 107 Å². The number of benzene rings is 1. The summed E-state index contributed by atoms with van der Waals surface area (Å²) in [6, 6.07) is 8.04. The molecule has 0 saturated carbocycles. The lowest BCUT2D eigenvalue weighted by atomic mass is 10.1. The molecule has 2 N–H and O–H groups in total. The van der Waals surface area contributed by atoms with Gasteiger partial charge in [0.2, 0.25) is 15.9 Å². The van der Waals surface area contributed by atoms with Gasteiger partial charge in [-0.25, -0.2) is 23.9 Å². The van der Waals surface area contributed by atoms with Crippen molar-refractivity contribution in [2.75, 3.05) is 63.6 Å². The molecule has 1 amide bonds. The highest BCUT2D eigenvalue weighted by molar-refractivity contribution is 7.88. The maximum absolute atomic E-state index is 11.9. The predicted octanol–water partition coefficient (Wildman–Crippen LogP) is 1.91. The van der Waals surface area contributed by atoms with Crippen LogP contribution >= 0.6 is 11.3 Å². The molecule has 1 aromatic carbocycles. The molecule has 42 heavy (non-hydrogen) atoms. The second kappa shape index (κ2) is 12.2. The number of hydrogen-bond acceptors (Lipinski definition) is 11. The van der Waals surface area contributed by atoms with Crippen molar-refractivity contribution < 1.29 is 23.2 Å². The molecule has 2 saturated heterocycles. The third kappa shape index (κ3) is 6.26. The molecule has 3 aromatic heterocycles. The summed E-state index contributed by atoms with van der Waals surface area (Å²) in [6.45, 7) is 6.40. The summed E-state index contributed by atoms with van der Waals surface area (Å²) in [7, 11) is -3.17. The van der Waals surface area contributed by atoms with Crippen LogP contribution in [0.4, 0.5) is 5.82 Å². The molecule has 15 heteroatoms. The van der Waals surface area contributed by atoms with Crippen molar-refractivity contribution in [2.24, 2.45) is 0 Å². The van der Waals surface area contributed by atoms with Crippen LogP contribution in [0, 0.1) is 0 Å². The van der Waals surface area contributed by atoms with Gasteiger partial charge in [0.25, 0.3) is 0 Å². The molecule has 0 bridgehead atoms. The van der Waals surface area contributed by atoms with Crippen LogP contribution in [0.25, 0.3) is 32.5 Å². The standard InChI is InChI=1S/C27H34N8O5S2/c1-42(38,39)35-10-8-32(9-11-35)17-19-16-23-25(41-19)27(33-12-14-40-15-13-33)29-26(28-23)20-4-2-5-22-21(20)18-34(30-22)7-3-6-24(36)31-37/h2,4-5,16,18,37H,3,6-15,17H2,1H3,(H,31,36). The number of aromatic nitrogens is 4. The number of piperazine rings is 1. The lowest BCUT2D eigenvalue weighted by molar-refractivity contribution is -0.129. The molecule has 2 fully saturated rings. The van der Waals surface area contributed by atoms with Gasteiger partial charge in [-0.3, -0.25) is 19.6 Å². The number of thiophene rings is 1. The highest BCUT2D eigenvalue weighted by atomic mass is 32.2. The minimum Gasteiger partial charge on any atom is -0.378 e. The maximum atomic E-state index is 11.9. The molecule has 2 aliphatic heterocycles. The number of hydrogen-bond donors (Lipinski definition) is 2. The second-order valence-corrected chi connectivity index (χ2v) is 13.7. The van der Waals surface area contributed by atoms with Gasteiger partial charge in [-0.1, -0.05) is 12.1 Å². The normalized spacial score (nSPS) is 17.3. The minimum absolute atomic E-state index is 0.204. The van der Waals surface area contributed by atoms with Gasteiger partial charge in [0.15, 0.2) is 11.6 Å². The largest absolute Gasteiger partial charge is 0.378 e. The van der Waals surface area contributed by atoms with Crippen LogP contribution in [-0.2, 0) is 32.6 Å². The zero-order chi connectivity index (χ0) is 29.3. The Kier molecular flexibility index (Phi) is 8.38. The van der Waals surface area contributed by atoms with Crippen LogP contribution in [0.3, 0.4) is 0 Å². The van der Waals surface area contributed by atoms with E-state index in [0.29, 0.717) is 58.2 Å². The Bertz CT molecular complexity index is 1690. The molecule has 224 valence electrons. The van der Waals surface area contributed by atoms with Crippen LogP contribution < -0.4 is 10.4 Å². The van der Waals surface area contributed by atoms with Crippen molar-refractivity contribution in [2.45, 2.75) is 25.9 Å². The molecule has 0 spiro atoms. The fraction of sp³-hybridized carbons (Fsp3) is 0.481. The van der Waals surface area contributed by atoms with Gasteiger partial charge >= 0.3 is 0 Å². The molecule has 2 aliphatic rings. The molecule has 5 heterocycles. The van der Waals surface area contributed by atoms with Crippen LogP contribution in [0.15, 0.2) is 30.5 Å². The van der Waals surface area contributed by atoms with E-state index in [-0.39, 0.29) is 6.42 Å². The minimum atomic E-state index is -3.17. The molecule has 0 aliphatic carbocycles. The quantitative estimate of drug-likeness (QED) is 0.212. The van der Waals surface area contributed by atoms with Gasteiger partial charge in [-0.2, -0.15) is 9.40 Å². The molecular weight excluding hydrogens is 580 g/mol. The average Bonchev–Trinajstić information content (AvgIpc) is 3.60. The summed E-state index contributed by atoms with van der Waals surface area (Å²) in [5.41, 5.74) is 4.25. The molecule has 6 rings (SSSR count). The van der Waals surface area contributed by atoms with Crippen LogP contribution in [0.2, 0.25) is 0 Å². The summed E-state index contributed by atoms with van der Waals surface area (Å²) in [5.74, 6) is 1.10. The average molecular weight is 615 g/mol. The third-order valence-corrected chi connectivity index (χ3v) is 10.1. The van der Waals surface area contributed by atoms with E-state index in [1.807, 2.05) is 29.1 Å². The zero-order valence-electron chi connectivity index (χ0n) is 23.4. The van der Waals surface area contributed by atoms with Crippen molar-refractivity contribution in [3.8, 4) is 11.4 Å². The number of carbonyl (C=O) groups excluding carboxylic acids is 1. The monoisotopic (exact) mass is 614 g/mol. The van der Waals surface area contributed by atoms with E-state index in [2.05, 4.69) is 21.0 Å². The maximum Gasteiger partial charge on any atom is 0.243 e. The van der Waals surface area contributed by atoms with E-state index in [1.165, 1.54) is 10.6 Å². The fourth-order valence-corrected chi connectivity index (χ4v) is 7.43.